The Morgan fingerprint density at radius 2 is 2.47 bits per heavy atom. The van der Waals surface area contributed by atoms with Gasteiger partial charge in [0.2, 0.25) is 5.91 Å². The van der Waals surface area contributed by atoms with Crippen molar-refractivity contribution in [2.75, 3.05) is 26.2 Å². The van der Waals surface area contributed by atoms with Gasteiger partial charge in [-0.1, -0.05) is 0 Å². The zero-order valence-corrected chi connectivity index (χ0v) is 11.7. The number of nitrogens with one attached hydrogen (secondary N) is 1. The van der Waals surface area contributed by atoms with E-state index in [4.69, 9.17) is 0 Å². The van der Waals surface area contributed by atoms with Gasteiger partial charge in [-0.05, 0) is 38.8 Å². The number of nitrogens with zero attached hydrogens (tertiary/aromatic N) is 3. The molecule has 0 aromatic carbocycles. The molecule has 1 unspecified atom stereocenters. The first-order valence-corrected chi connectivity index (χ1v) is 7.24. The molecule has 19 heavy (non-hydrogen) atoms. The Morgan fingerprint density at radius 1 is 1.58 bits per heavy atom. The number of aryl methyl sites for hydroxylation is 1. The lowest BCUT2D eigenvalue weighted by atomic mass is 9.99. The van der Waals surface area contributed by atoms with Crippen LogP contribution in [-0.4, -0.2) is 46.5 Å². The van der Waals surface area contributed by atoms with Gasteiger partial charge in [-0.25, -0.2) is 4.98 Å². The third kappa shape index (κ3) is 4.35. The van der Waals surface area contributed by atoms with Gasteiger partial charge in [0.1, 0.15) is 0 Å². The molecule has 1 amide bonds. The fourth-order valence-corrected chi connectivity index (χ4v) is 2.60. The Balaban J connectivity index is 1.77. The van der Waals surface area contributed by atoms with Gasteiger partial charge in [-0.2, -0.15) is 0 Å². The summed E-state index contributed by atoms with van der Waals surface area (Å²) in [6.07, 6.45) is 8.42. The Hall–Kier alpha value is -1.36. The van der Waals surface area contributed by atoms with Crippen LogP contribution in [0.25, 0.3) is 0 Å². The molecule has 1 fully saturated rings. The quantitative estimate of drug-likeness (QED) is 0.837. The largest absolute Gasteiger partial charge is 0.343 e. The number of rotatable bonds is 6. The molecular weight excluding hydrogens is 240 g/mol. The fraction of sp³-hybridized carbons (Fsp3) is 0.714. The minimum atomic E-state index is 0.252. The number of carbonyl (C=O) groups excluding carboxylic acids is 1. The molecule has 1 atom stereocenters. The number of hydrogen-bond donors (Lipinski definition) is 1. The van der Waals surface area contributed by atoms with Crippen molar-refractivity contribution in [3.63, 3.8) is 0 Å². The topological polar surface area (TPSA) is 50.2 Å². The van der Waals surface area contributed by atoms with Crippen LogP contribution < -0.4 is 5.32 Å². The highest BCUT2D eigenvalue weighted by atomic mass is 16.2. The SMILES string of the molecule is CCN(CC1CCCNC1)C(=O)CCn1ccnc1. The third-order valence-electron chi connectivity index (χ3n) is 3.76. The second kappa shape index (κ2) is 7.28. The molecule has 0 bridgehead atoms. The van der Waals surface area contributed by atoms with E-state index in [1.54, 1.807) is 12.5 Å². The van der Waals surface area contributed by atoms with Crippen LogP contribution in [0.5, 0.6) is 0 Å². The standard InChI is InChI=1S/C14H24N4O/c1-2-18(11-13-4-3-6-15-10-13)14(19)5-8-17-9-7-16-12-17/h7,9,12-13,15H,2-6,8,10-11H2,1H3. The number of piperidine rings is 1. The van der Waals surface area contributed by atoms with Gasteiger partial charge in [-0.3, -0.25) is 4.79 Å². The van der Waals surface area contributed by atoms with Crippen LogP contribution in [0.2, 0.25) is 0 Å². The van der Waals surface area contributed by atoms with E-state index in [-0.39, 0.29) is 5.91 Å². The Kier molecular flexibility index (Phi) is 5.39. The van der Waals surface area contributed by atoms with Gasteiger partial charge < -0.3 is 14.8 Å². The van der Waals surface area contributed by atoms with Crippen LogP contribution in [0.4, 0.5) is 0 Å². The molecule has 2 heterocycles. The summed E-state index contributed by atoms with van der Waals surface area (Å²) in [6.45, 7) is 6.65. The van der Waals surface area contributed by atoms with Crippen molar-refractivity contribution in [2.45, 2.75) is 32.7 Å². The van der Waals surface area contributed by atoms with Crippen molar-refractivity contribution in [3.8, 4) is 0 Å². The van der Waals surface area contributed by atoms with Crippen molar-refractivity contribution in [3.05, 3.63) is 18.7 Å². The van der Waals surface area contributed by atoms with E-state index < -0.39 is 0 Å². The van der Waals surface area contributed by atoms with E-state index in [0.29, 0.717) is 12.3 Å². The summed E-state index contributed by atoms with van der Waals surface area (Å²) < 4.78 is 1.95. The van der Waals surface area contributed by atoms with Crippen LogP contribution in [0.15, 0.2) is 18.7 Å². The highest BCUT2D eigenvalue weighted by Gasteiger charge is 2.19. The van der Waals surface area contributed by atoms with Crippen molar-refractivity contribution in [2.24, 2.45) is 5.92 Å². The average Bonchev–Trinajstić information content (AvgIpc) is 2.96. The summed E-state index contributed by atoms with van der Waals surface area (Å²) >= 11 is 0. The number of hydrogen-bond acceptors (Lipinski definition) is 3. The molecule has 0 saturated carbocycles. The number of imidazole rings is 1. The number of amides is 1. The summed E-state index contributed by atoms with van der Waals surface area (Å²) in [5.41, 5.74) is 0. The van der Waals surface area contributed by atoms with Gasteiger partial charge in [-0.15, -0.1) is 0 Å². The molecule has 1 N–H and O–H groups in total. The third-order valence-corrected chi connectivity index (χ3v) is 3.76. The Morgan fingerprint density at radius 3 is 3.11 bits per heavy atom. The lowest BCUT2D eigenvalue weighted by molar-refractivity contribution is -0.132. The van der Waals surface area contributed by atoms with Gasteiger partial charge in [0, 0.05) is 38.4 Å². The Bertz CT molecular complexity index is 371. The second-order valence-corrected chi connectivity index (χ2v) is 5.20. The highest BCUT2D eigenvalue weighted by Crippen LogP contribution is 2.12. The molecule has 106 valence electrons. The molecule has 1 aromatic rings. The molecule has 1 aromatic heterocycles. The van der Waals surface area contributed by atoms with Crippen LogP contribution in [0, 0.1) is 5.92 Å². The maximum absolute atomic E-state index is 12.2. The van der Waals surface area contributed by atoms with E-state index >= 15 is 0 Å². The summed E-state index contributed by atoms with van der Waals surface area (Å²) in [7, 11) is 0. The summed E-state index contributed by atoms with van der Waals surface area (Å²) in [5.74, 6) is 0.868. The molecule has 5 heteroatoms. The van der Waals surface area contributed by atoms with E-state index in [0.717, 1.165) is 32.7 Å². The zero-order valence-electron chi connectivity index (χ0n) is 11.7. The maximum Gasteiger partial charge on any atom is 0.224 e. The van der Waals surface area contributed by atoms with Gasteiger partial charge in [0.25, 0.3) is 0 Å². The molecule has 2 rings (SSSR count). The molecule has 0 radical (unpaired) electrons. The first-order chi connectivity index (χ1) is 9.29. The maximum atomic E-state index is 12.2. The van der Waals surface area contributed by atoms with E-state index in [1.165, 1.54) is 12.8 Å². The predicted molar refractivity (Wildman–Crippen MR) is 74.7 cm³/mol. The first kappa shape index (κ1) is 14.1. The zero-order chi connectivity index (χ0) is 13.5. The lowest BCUT2D eigenvalue weighted by Crippen LogP contribution is -2.41. The van der Waals surface area contributed by atoms with Crippen LogP contribution >= 0.6 is 0 Å². The molecule has 1 aliphatic rings. The minimum absolute atomic E-state index is 0.252. The monoisotopic (exact) mass is 264 g/mol. The van der Waals surface area contributed by atoms with Gasteiger partial charge >= 0.3 is 0 Å². The second-order valence-electron chi connectivity index (χ2n) is 5.20. The fourth-order valence-electron chi connectivity index (χ4n) is 2.60. The van der Waals surface area contributed by atoms with Crippen LogP contribution in [0.3, 0.4) is 0 Å². The van der Waals surface area contributed by atoms with Crippen LogP contribution in [0.1, 0.15) is 26.2 Å². The van der Waals surface area contributed by atoms with Crippen molar-refractivity contribution in [1.29, 1.82) is 0 Å². The molecule has 5 nitrogen and oxygen atoms in total. The number of aromatic nitrogens is 2. The van der Waals surface area contributed by atoms with Crippen molar-refractivity contribution < 1.29 is 4.79 Å². The normalized spacial score (nSPS) is 19.3. The Labute approximate surface area is 115 Å². The first-order valence-electron chi connectivity index (χ1n) is 7.24. The predicted octanol–water partition coefficient (Wildman–Crippen LogP) is 1.12. The molecule has 0 aliphatic carbocycles. The summed E-state index contributed by atoms with van der Waals surface area (Å²) in [5, 5.41) is 3.41. The van der Waals surface area contributed by atoms with Gasteiger partial charge in [0.15, 0.2) is 0 Å². The van der Waals surface area contributed by atoms with E-state index in [2.05, 4.69) is 17.2 Å². The number of carbonyl (C=O) groups is 1. The van der Waals surface area contributed by atoms with E-state index in [1.807, 2.05) is 15.7 Å². The smallest absolute Gasteiger partial charge is 0.224 e. The minimum Gasteiger partial charge on any atom is -0.343 e. The molecular formula is C14H24N4O. The molecule has 1 saturated heterocycles. The van der Waals surface area contributed by atoms with E-state index in [9.17, 15) is 4.79 Å². The van der Waals surface area contributed by atoms with Crippen molar-refractivity contribution in [1.82, 2.24) is 19.8 Å². The highest BCUT2D eigenvalue weighted by molar-refractivity contribution is 5.76. The lowest BCUT2D eigenvalue weighted by Gasteiger charge is -2.29. The van der Waals surface area contributed by atoms with Gasteiger partial charge in [0.05, 0.1) is 6.33 Å². The molecule has 0 spiro atoms. The average molecular weight is 264 g/mol. The summed E-state index contributed by atoms with van der Waals surface area (Å²) in [4.78, 5) is 18.2. The van der Waals surface area contributed by atoms with Crippen LogP contribution in [-0.2, 0) is 11.3 Å². The molecule has 1 aliphatic heterocycles. The summed E-state index contributed by atoms with van der Waals surface area (Å²) in [6, 6.07) is 0. The van der Waals surface area contributed by atoms with Crippen molar-refractivity contribution >= 4 is 5.91 Å².